The summed E-state index contributed by atoms with van der Waals surface area (Å²) >= 11 is 0. The van der Waals surface area contributed by atoms with Crippen molar-refractivity contribution in [2.75, 3.05) is 7.11 Å². The van der Waals surface area contributed by atoms with E-state index in [4.69, 9.17) is 4.74 Å². The van der Waals surface area contributed by atoms with Crippen LogP contribution in [-0.4, -0.2) is 7.11 Å². The largest absolute Gasteiger partial charge is 0.497 e. The van der Waals surface area contributed by atoms with Gasteiger partial charge in [0.1, 0.15) is 5.75 Å². The van der Waals surface area contributed by atoms with Gasteiger partial charge < -0.3 is 4.74 Å². The summed E-state index contributed by atoms with van der Waals surface area (Å²) in [7, 11) is 1.67. The molecule has 70 valence electrons. The van der Waals surface area contributed by atoms with E-state index in [1.165, 1.54) is 0 Å². The highest BCUT2D eigenvalue weighted by Gasteiger charge is 2.02. The summed E-state index contributed by atoms with van der Waals surface area (Å²) in [5.74, 6) is 0.880. The molecule has 14 heavy (non-hydrogen) atoms. The minimum absolute atomic E-state index is 0.880. The Bertz CT molecular complexity index is 394. The average molecular weight is 186 g/mol. The van der Waals surface area contributed by atoms with Crippen molar-refractivity contribution in [1.82, 2.24) is 0 Å². The second kappa shape index (κ2) is 3.92. The fourth-order valence-electron chi connectivity index (χ4n) is 1.33. The second-order valence-corrected chi connectivity index (χ2v) is 2.98. The van der Waals surface area contributed by atoms with Crippen molar-refractivity contribution in [2.45, 2.75) is 0 Å². The van der Waals surface area contributed by atoms with Crippen molar-refractivity contribution >= 4 is 0 Å². The second-order valence-electron chi connectivity index (χ2n) is 2.98. The fraction of sp³-hybridized carbons (Fsp3) is 0.0833. The van der Waals surface area contributed by atoms with Crippen molar-refractivity contribution < 1.29 is 9.30 Å². The zero-order valence-electron chi connectivity index (χ0n) is 8.05. The Labute approximate surface area is 83.4 Å². The first-order valence-corrected chi connectivity index (χ1v) is 4.51. The number of rotatable bonds is 2. The molecular weight excluding hydrogens is 174 g/mol. The summed E-state index contributed by atoms with van der Waals surface area (Å²) in [6, 6.07) is 14.0. The van der Waals surface area contributed by atoms with Gasteiger partial charge in [-0.05, 0) is 12.1 Å². The molecule has 0 aliphatic rings. The van der Waals surface area contributed by atoms with Gasteiger partial charge in [-0.3, -0.25) is 0 Å². The average Bonchev–Trinajstić information content (AvgIpc) is 2.30. The van der Waals surface area contributed by atoms with E-state index in [0.717, 1.165) is 11.4 Å². The van der Waals surface area contributed by atoms with Gasteiger partial charge in [0.05, 0.1) is 7.11 Å². The number of ether oxygens (including phenoxy) is 1. The zero-order chi connectivity index (χ0) is 9.80. The number of nitrogens with zero attached hydrogens (tertiary/aromatic N) is 1. The molecule has 0 atom stereocenters. The van der Waals surface area contributed by atoms with E-state index in [2.05, 4.69) is 4.57 Å². The number of aromatic nitrogens is 1. The van der Waals surface area contributed by atoms with Gasteiger partial charge in [0.25, 0.3) is 0 Å². The minimum atomic E-state index is 0.880. The lowest BCUT2D eigenvalue weighted by atomic mass is 10.3. The summed E-state index contributed by atoms with van der Waals surface area (Å²) < 4.78 is 7.15. The van der Waals surface area contributed by atoms with Gasteiger partial charge in [-0.15, -0.1) is 0 Å². The molecule has 0 saturated heterocycles. The molecule has 0 N–H and O–H groups in total. The van der Waals surface area contributed by atoms with Crippen LogP contribution in [0.3, 0.4) is 0 Å². The van der Waals surface area contributed by atoms with Crippen molar-refractivity contribution in [3.05, 3.63) is 54.9 Å². The van der Waals surface area contributed by atoms with Gasteiger partial charge in [-0.25, -0.2) is 0 Å². The van der Waals surface area contributed by atoms with Crippen LogP contribution in [0.25, 0.3) is 5.69 Å². The van der Waals surface area contributed by atoms with E-state index in [9.17, 15) is 0 Å². The topological polar surface area (TPSA) is 13.1 Å². The fourth-order valence-corrected chi connectivity index (χ4v) is 1.33. The maximum Gasteiger partial charge on any atom is 0.210 e. The smallest absolute Gasteiger partial charge is 0.210 e. The summed E-state index contributed by atoms with van der Waals surface area (Å²) in [6.45, 7) is 0. The summed E-state index contributed by atoms with van der Waals surface area (Å²) in [5.41, 5.74) is 1.13. The van der Waals surface area contributed by atoms with E-state index in [1.807, 2.05) is 54.9 Å². The first kappa shape index (κ1) is 8.75. The van der Waals surface area contributed by atoms with Crippen LogP contribution in [0, 0.1) is 0 Å². The molecular formula is C12H12NO+. The van der Waals surface area contributed by atoms with Gasteiger partial charge in [0.15, 0.2) is 12.4 Å². The normalized spacial score (nSPS) is 9.79. The molecule has 0 saturated carbocycles. The molecule has 2 rings (SSSR count). The molecule has 0 amide bonds. The molecule has 2 nitrogen and oxygen atoms in total. The highest BCUT2D eigenvalue weighted by molar-refractivity contribution is 5.31. The van der Waals surface area contributed by atoms with Gasteiger partial charge >= 0.3 is 0 Å². The Kier molecular flexibility index (Phi) is 2.45. The molecule has 0 fully saturated rings. The van der Waals surface area contributed by atoms with Gasteiger partial charge in [0.2, 0.25) is 5.69 Å². The van der Waals surface area contributed by atoms with E-state index in [0.29, 0.717) is 0 Å². The number of hydrogen-bond acceptors (Lipinski definition) is 1. The third kappa shape index (κ3) is 1.74. The van der Waals surface area contributed by atoms with Crippen LogP contribution in [0.2, 0.25) is 0 Å². The Morgan fingerprint density at radius 2 is 1.57 bits per heavy atom. The molecule has 0 radical (unpaired) electrons. The zero-order valence-corrected chi connectivity index (χ0v) is 8.05. The number of benzene rings is 1. The molecule has 1 heterocycles. The number of hydrogen-bond donors (Lipinski definition) is 0. The van der Waals surface area contributed by atoms with Crippen molar-refractivity contribution in [2.24, 2.45) is 0 Å². The highest BCUT2D eigenvalue weighted by Crippen LogP contribution is 2.10. The first-order valence-electron chi connectivity index (χ1n) is 4.51. The van der Waals surface area contributed by atoms with Gasteiger partial charge in [-0.1, -0.05) is 6.07 Å². The third-order valence-electron chi connectivity index (χ3n) is 2.09. The maximum absolute atomic E-state index is 5.10. The lowest BCUT2D eigenvalue weighted by Crippen LogP contribution is -2.28. The van der Waals surface area contributed by atoms with Crippen LogP contribution in [0.5, 0.6) is 5.75 Å². The quantitative estimate of drug-likeness (QED) is 0.653. The predicted octanol–water partition coefficient (Wildman–Crippen LogP) is 1.97. The van der Waals surface area contributed by atoms with E-state index in [-0.39, 0.29) is 0 Å². The highest BCUT2D eigenvalue weighted by atomic mass is 16.5. The Morgan fingerprint density at radius 3 is 2.14 bits per heavy atom. The molecule has 2 aromatic rings. The van der Waals surface area contributed by atoms with E-state index >= 15 is 0 Å². The van der Waals surface area contributed by atoms with E-state index < -0.39 is 0 Å². The lowest BCUT2D eigenvalue weighted by molar-refractivity contribution is -0.595. The van der Waals surface area contributed by atoms with Crippen molar-refractivity contribution in [1.29, 1.82) is 0 Å². The van der Waals surface area contributed by atoms with Crippen LogP contribution >= 0.6 is 0 Å². The monoisotopic (exact) mass is 186 g/mol. The van der Waals surface area contributed by atoms with Crippen molar-refractivity contribution in [3.8, 4) is 11.4 Å². The van der Waals surface area contributed by atoms with Crippen LogP contribution in [0.15, 0.2) is 54.9 Å². The lowest BCUT2D eigenvalue weighted by Gasteiger charge is -1.98. The SMILES string of the molecule is COc1ccc(-[n+]2ccccc2)cc1. The Morgan fingerprint density at radius 1 is 0.929 bits per heavy atom. The Balaban J connectivity index is 2.34. The molecule has 1 aromatic heterocycles. The molecule has 2 heteroatoms. The molecule has 0 spiro atoms. The summed E-state index contributed by atoms with van der Waals surface area (Å²) in [6.07, 6.45) is 4.03. The molecule has 0 bridgehead atoms. The summed E-state index contributed by atoms with van der Waals surface area (Å²) in [5, 5.41) is 0. The van der Waals surface area contributed by atoms with Crippen LogP contribution in [0.4, 0.5) is 0 Å². The minimum Gasteiger partial charge on any atom is -0.497 e. The van der Waals surface area contributed by atoms with Crippen molar-refractivity contribution in [3.63, 3.8) is 0 Å². The third-order valence-corrected chi connectivity index (χ3v) is 2.09. The molecule has 0 aliphatic heterocycles. The Hall–Kier alpha value is -1.83. The maximum atomic E-state index is 5.10. The van der Waals surface area contributed by atoms with E-state index in [1.54, 1.807) is 7.11 Å². The standard InChI is InChI=1S/C12H12NO/c1-14-12-7-5-11(6-8-12)13-9-3-2-4-10-13/h2-10H,1H3/q+1. The van der Waals surface area contributed by atoms with Gasteiger partial charge in [0, 0.05) is 24.3 Å². The summed E-state index contributed by atoms with van der Waals surface area (Å²) in [4.78, 5) is 0. The molecule has 0 unspecified atom stereocenters. The number of methoxy groups -OCH3 is 1. The number of pyridine rings is 1. The first-order chi connectivity index (χ1) is 6.90. The van der Waals surface area contributed by atoms with Crippen LogP contribution in [0.1, 0.15) is 0 Å². The molecule has 1 aromatic carbocycles. The van der Waals surface area contributed by atoms with Gasteiger partial charge in [-0.2, -0.15) is 4.57 Å². The van der Waals surface area contributed by atoms with Crippen LogP contribution in [-0.2, 0) is 0 Å². The van der Waals surface area contributed by atoms with Crippen LogP contribution < -0.4 is 9.30 Å². The predicted molar refractivity (Wildman–Crippen MR) is 54.5 cm³/mol. The molecule has 0 aliphatic carbocycles.